The van der Waals surface area contributed by atoms with Gasteiger partial charge in [0.2, 0.25) is 0 Å². The van der Waals surface area contributed by atoms with Crippen molar-refractivity contribution in [1.29, 1.82) is 0 Å². The molecule has 4 rings (SSSR count). The lowest BCUT2D eigenvalue weighted by Gasteiger charge is -2.27. The lowest BCUT2D eigenvalue weighted by Crippen LogP contribution is -2.30. The minimum atomic E-state index is -0.211. The van der Waals surface area contributed by atoms with Crippen molar-refractivity contribution in [2.75, 3.05) is 47.9 Å². The number of rotatable bonds is 9. The number of carbonyl (C=O) groups is 1. The maximum Gasteiger partial charge on any atom is 0.262 e. The number of piperidine rings is 1. The van der Waals surface area contributed by atoms with Gasteiger partial charge in [0.05, 0.1) is 5.69 Å². The molecule has 0 unspecified atom stereocenters. The van der Waals surface area contributed by atoms with Gasteiger partial charge < -0.3 is 19.9 Å². The van der Waals surface area contributed by atoms with Crippen LogP contribution in [0, 0.1) is 0 Å². The Kier molecular flexibility index (Phi) is 7.96. The van der Waals surface area contributed by atoms with Gasteiger partial charge in [-0.3, -0.25) is 4.79 Å². The highest BCUT2D eigenvalue weighted by molar-refractivity contribution is 5.92. The molecule has 2 heterocycles. The van der Waals surface area contributed by atoms with E-state index in [0.717, 1.165) is 48.9 Å². The van der Waals surface area contributed by atoms with Crippen LogP contribution < -0.4 is 19.9 Å². The fraction of sp³-hybridized carbons (Fsp3) is 0.370. The molecule has 1 aliphatic rings. The first-order valence-electron chi connectivity index (χ1n) is 12.1. The highest BCUT2D eigenvalue weighted by Gasteiger charge is 2.13. The smallest absolute Gasteiger partial charge is 0.262 e. The van der Waals surface area contributed by atoms with E-state index >= 15 is 0 Å². The van der Waals surface area contributed by atoms with E-state index in [4.69, 9.17) is 4.74 Å². The highest BCUT2D eigenvalue weighted by atomic mass is 16.5. The van der Waals surface area contributed by atoms with Gasteiger partial charge in [0.15, 0.2) is 12.4 Å². The van der Waals surface area contributed by atoms with Crippen LogP contribution in [-0.4, -0.2) is 48.9 Å². The second-order valence-electron chi connectivity index (χ2n) is 8.41. The van der Waals surface area contributed by atoms with Crippen LogP contribution in [-0.2, 0) is 4.79 Å². The molecule has 7 heteroatoms. The van der Waals surface area contributed by atoms with Crippen molar-refractivity contribution >= 4 is 23.1 Å². The zero-order valence-corrected chi connectivity index (χ0v) is 20.0. The zero-order valence-electron chi connectivity index (χ0n) is 20.0. The van der Waals surface area contributed by atoms with Gasteiger partial charge in [0.1, 0.15) is 5.75 Å². The van der Waals surface area contributed by atoms with Crippen molar-refractivity contribution in [2.24, 2.45) is 0 Å². The monoisotopic (exact) mass is 459 g/mol. The van der Waals surface area contributed by atoms with E-state index in [9.17, 15) is 4.79 Å². The van der Waals surface area contributed by atoms with Crippen molar-refractivity contribution in [2.45, 2.75) is 33.1 Å². The van der Waals surface area contributed by atoms with Crippen LogP contribution in [0.15, 0.2) is 60.7 Å². The van der Waals surface area contributed by atoms with E-state index in [1.54, 1.807) is 0 Å². The number of hydrogen-bond donors (Lipinski definition) is 1. The van der Waals surface area contributed by atoms with Gasteiger partial charge in [0, 0.05) is 49.2 Å². The molecule has 3 aromatic rings. The average Bonchev–Trinajstić information content (AvgIpc) is 2.89. The Bertz CT molecular complexity index is 1080. The number of nitrogens with one attached hydrogen (secondary N) is 1. The summed E-state index contributed by atoms with van der Waals surface area (Å²) in [4.78, 5) is 17.0. The van der Waals surface area contributed by atoms with E-state index in [0.29, 0.717) is 11.4 Å². The summed E-state index contributed by atoms with van der Waals surface area (Å²) in [7, 11) is 0. The molecule has 0 atom stereocenters. The third kappa shape index (κ3) is 6.04. The molecule has 1 aliphatic heterocycles. The van der Waals surface area contributed by atoms with Gasteiger partial charge in [-0.1, -0.05) is 18.2 Å². The van der Waals surface area contributed by atoms with Crippen LogP contribution in [0.2, 0.25) is 0 Å². The third-order valence-electron chi connectivity index (χ3n) is 6.09. The van der Waals surface area contributed by atoms with Crippen molar-refractivity contribution in [1.82, 2.24) is 10.2 Å². The standard InChI is InChI=1S/C27H33N5O2/c1-3-31(4-2)23-12-9-13-24(19-23)34-20-27(33)28-22-11-8-10-21(18-22)25-14-15-26(30-29-25)32-16-6-5-7-17-32/h8-15,18-19H,3-7,16-17,20H2,1-2H3,(H,28,33). The minimum absolute atomic E-state index is 0.0593. The molecular weight excluding hydrogens is 426 g/mol. The Hall–Kier alpha value is -3.61. The van der Waals surface area contributed by atoms with E-state index in [2.05, 4.69) is 39.2 Å². The summed E-state index contributed by atoms with van der Waals surface area (Å²) >= 11 is 0. The second kappa shape index (κ2) is 11.5. The van der Waals surface area contributed by atoms with E-state index < -0.39 is 0 Å². The summed E-state index contributed by atoms with van der Waals surface area (Å²) in [6.45, 7) is 8.09. The summed E-state index contributed by atoms with van der Waals surface area (Å²) in [6, 6.07) is 19.5. The Labute approximate surface area is 201 Å². The lowest BCUT2D eigenvalue weighted by atomic mass is 10.1. The predicted molar refractivity (Wildman–Crippen MR) is 138 cm³/mol. The summed E-state index contributed by atoms with van der Waals surface area (Å²) in [5.41, 5.74) is 3.47. The number of hydrogen-bond acceptors (Lipinski definition) is 6. The first-order valence-corrected chi connectivity index (χ1v) is 12.1. The molecule has 0 radical (unpaired) electrons. The van der Waals surface area contributed by atoms with Crippen LogP contribution in [0.3, 0.4) is 0 Å². The molecule has 178 valence electrons. The number of amides is 1. The summed E-state index contributed by atoms with van der Waals surface area (Å²) in [5, 5.41) is 11.8. The fourth-order valence-electron chi connectivity index (χ4n) is 4.23. The molecule has 1 N–H and O–H groups in total. The first kappa shape index (κ1) is 23.5. The largest absolute Gasteiger partial charge is 0.484 e. The molecule has 0 saturated carbocycles. The molecular formula is C27H33N5O2. The average molecular weight is 460 g/mol. The van der Waals surface area contributed by atoms with Crippen molar-refractivity contribution in [3.05, 3.63) is 60.7 Å². The van der Waals surface area contributed by atoms with Gasteiger partial charge in [-0.15, -0.1) is 10.2 Å². The summed E-state index contributed by atoms with van der Waals surface area (Å²) < 4.78 is 5.74. The summed E-state index contributed by atoms with van der Waals surface area (Å²) in [6.07, 6.45) is 3.70. The maximum atomic E-state index is 12.5. The number of carbonyl (C=O) groups excluding carboxylic acids is 1. The number of aromatic nitrogens is 2. The molecule has 7 nitrogen and oxygen atoms in total. The van der Waals surface area contributed by atoms with E-state index in [1.807, 2.05) is 60.7 Å². The predicted octanol–water partition coefficient (Wildman–Crippen LogP) is 5.00. The first-order chi connectivity index (χ1) is 16.7. The van der Waals surface area contributed by atoms with Crippen LogP contribution in [0.1, 0.15) is 33.1 Å². The van der Waals surface area contributed by atoms with Gasteiger partial charge >= 0.3 is 0 Å². The summed E-state index contributed by atoms with van der Waals surface area (Å²) in [5.74, 6) is 1.39. The van der Waals surface area contributed by atoms with Crippen LogP contribution >= 0.6 is 0 Å². The maximum absolute atomic E-state index is 12.5. The Morgan fingerprint density at radius 1 is 0.971 bits per heavy atom. The molecule has 2 aromatic carbocycles. The van der Waals surface area contributed by atoms with Crippen LogP contribution in [0.5, 0.6) is 5.75 Å². The van der Waals surface area contributed by atoms with Crippen LogP contribution in [0.4, 0.5) is 17.2 Å². The van der Waals surface area contributed by atoms with Crippen LogP contribution in [0.25, 0.3) is 11.3 Å². The molecule has 1 fully saturated rings. The van der Waals surface area contributed by atoms with Gasteiger partial charge in [-0.25, -0.2) is 0 Å². The van der Waals surface area contributed by atoms with Crippen molar-refractivity contribution < 1.29 is 9.53 Å². The Balaban J connectivity index is 1.35. The third-order valence-corrected chi connectivity index (χ3v) is 6.09. The van der Waals surface area contributed by atoms with Crippen molar-refractivity contribution in [3.8, 4) is 17.0 Å². The topological polar surface area (TPSA) is 70.6 Å². The van der Waals surface area contributed by atoms with Gasteiger partial charge in [-0.05, 0) is 69.5 Å². The zero-order chi connectivity index (χ0) is 23.8. The van der Waals surface area contributed by atoms with E-state index in [1.165, 1.54) is 19.3 Å². The molecule has 0 aliphatic carbocycles. The van der Waals surface area contributed by atoms with Gasteiger partial charge in [0.25, 0.3) is 5.91 Å². The number of benzene rings is 2. The molecule has 0 spiro atoms. The quantitative estimate of drug-likeness (QED) is 0.486. The normalized spacial score (nSPS) is 13.4. The minimum Gasteiger partial charge on any atom is -0.484 e. The van der Waals surface area contributed by atoms with Crippen molar-refractivity contribution in [3.63, 3.8) is 0 Å². The Morgan fingerprint density at radius 3 is 2.50 bits per heavy atom. The molecule has 1 saturated heterocycles. The molecule has 1 amide bonds. The lowest BCUT2D eigenvalue weighted by molar-refractivity contribution is -0.118. The SMILES string of the molecule is CCN(CC)c1cccc(OCC(=O)Nc2cccc(-c3ccc(N4CCCCC4)nn3)c2)c1. The molecule has 34 heavy (non-hydrogen) atoms. The van der Waals surface area contributed by atoms with E-state index in [-0.39, 0.29) is 12.5 Å². The number of ether oxygens (including phenoxy) is 1. The fourth-order valence-corrected chi connectivity index (χ4v) is 4.23. The second-order valence-corrected chi connectivity index (χ2v) is 8.41. The Morgan fingerprint density at radius 2 is 1.76 bits per heavy atom. The molecule has 0 bridgehead atoms. The molecule has 1 aromatic heterocycles. The number of nitrogens with zero attached hydrogens (tertiary/aromatic N) is 4. The van der Waals surface area contributed by atoms with Gasteiger partial charge in [-0.2, -0.15) is 0 Å². The highest BCUT2D eigenvalue weighted by Crippen LogP contribution is 2.24. The number of anilines is 3.